The molecule has 4 aromatic rings. The molecule has 0 spiro atoms. The second-order valence-electron chi connectivity index (χ2n) is 8.40. The summed E-state index contributed by atoms with van der Waals surface area (Å²) in [5.41, 5.74) is 2.47. The van der Waals surface area contributed by atoms with Crippen LogP contribution in [0.1, 0.15) is 47.0 Å². The van der Waals surface area contributed by atoms with Crippen molar-refractivity contribution in [2.75, 3.05) is 0 Å². The molecule has 1 heterocycles. The first-order valence-electron chi connectivity index (χ1n) is 11.4. The molecule has 0 unspecified atom stereocenters. The number of halogens is 3. The summed E-state index contributed by atoms with van der Waals surface area (Å²) in [6, 6.07) is 13.0. The highest BCUT2D eigenvalue weighted by atomic mass is 19.1. The molecule has 0 amide bonds. The van der Waals surface area contributed by atoms with Crippen molar-refractivity contribution in [3.05, 3.63) is 106 Å². The average molecular weight is 460 g/mol. The van der Waals surface area contributed by atoms with E-state index in [2.05, 4.69) is 16.9 Å². The van der Waals surface area contributed by atoms with Gasteiger partial charge in [-0.05, 0) is 65.5 Å². The van der Waals surface area contributed by atoms with E-state index in [0.717, 1.165) is 53.7 Å². The predicted octanol–water partition coefficient (Wildman–Crippen LogP) is 6.44. The van der Waals surface area contributed by atoms with Gasteiger partial charge in [0.1, 0.15) is 34.9 Å². The van der Waals surface area contributed by atoms with Crippen molar-refractivity contribution in [1.82, 2.24) is 9.97 Å². The van der Waals surface area contributed by atoms with E-state index in [1.165, 1.54) is 6.07 Å². The Hall–Kier alpha value is -3.72. The van der Waals surface area contributed by atoms with Gasteiger partial charge in [0.25, 0.3) is 0 Å². The largest absolute Gasteiger partial charge is 0.241 e. The fourth-order valence-corrected chi connectivity index (χ4v) is 4.08. The highest BCUT2D eigenvalue weighted by molar-refractivity contribution is 5.84. The number of benzene rings is 3. The Morgan fingerprint density at radius 3 is 2.15 bits per heavy atom. The molecule has 0 saturated carbocycles. The van der Waals surface area contributed by atoms with E-state index in [4.69, 9.17) is 5.26 Å². The SMILES string of the molecule is CCCc1cnc(CCc2ccc3c(F)c(CCc4cc(F)c(C#N)c(F)c4)ccc3c2)nc1. The molecule has 0 N–H and O–H groups in total. The fraction of sp³-hybridized carbons (Fsp3) is 0.250. The number of hydrogen-bond acceptors (Lipinski definition) is 3. The number of aromatic nitrogens is 2. The van der Waals surface area contributed by atoms with Crippen LogP contribution in [-0.2, 0) is 32.1 Å². The molecule has 0 radical (unpaired) electrons. The Bertz CT molecular complexity index is 1340. The number of fused-ring (bicyclic) bond motifs is 1. The van der Waals surface area contributed by atoms with Gasteiger partial charge < -0.3 is 0 Å². The Morgan fingerprint density at radius 1 is 0.765 bits per heavy atom. The lowest BCUT2D eigenvalue weighted by molar-refractivity contribution is 0.572. The summed E-state index contributed by atoms with van der Waals surface area (Å²) in [5, 5.41) is 10.1. The first-order chi connectivity index (χ1) is 16.5. The van der Waals surface area contributed by atoms with Gasteiger partial charge in [-0.15, -0.1) is 0 Å². The van der Waals surface area contributed by atoms with E-state index in [1.807, 2.05) is 30.6 Å². The monoisotopic (exact) mass is 459 g/mol. The van der Waals surface area contributed by atoms with E-state index >= 15 is 4.39 Å². The topological polar surface area (TPSA) is 49.6 Å². The third kappa shape index (κ3) is 5.26. The summed E-state index contributed by atoms with van der Waals surface area (Å²) >= 11 is 0. The zero-order valence-electron chi connectivity index (χ0n) is 18.9. The highest BCUT2D eigenvalue weighted by Gasteiger charge is 2.13. The average Bonchev–Trinajstić information content (AvgIpc) is 2.83. The van der Waals surface area contributed by atoms with E-state index in [-0.39, 0.29) is 12.2 Å². The predicted molar refractivity (Wildman–Crippen MR) is 126 cm³/mol. The van der Waals surface area contributed by atoms with E-state index in [9.17, 15) is 8.78 Å². The number of rotatable bonds is 8. The zero-order chi connectivity index (χ0) is 24.1. The molecule has 0 saturated heterocycles. The lowest BCUT2D eigenvalue weighted by Gasteiger charge is -2.09. The van der Waals surface area contributed by atoms with Gasteiger partial charge in [0.15, 0.2) is 0 Å². The van der Waals surface area contributed by atoms with Crippen molar-refractivity contribution < 1.29 is 13.2 Å². The second-order valence-corrected chi connectivity index (χ2v) is 8.40. The highest BCUT2D eigenvalue weighted by Crippen LogP contribution is 2.25. The van der Waals surface area contributed by atoms with Crippen LogP contribution in [0.4, 0.5) is 13.2 Å². The van der Waals surface area contributed by atoms with Gasteiger partial charge in [0.2, 0.25) is 0 Å². The molecular weight excluding hydrogens is 435 g/mol. The van der Waals surface area contributed by atoms with Crippen molar-refractivity contribution in [3.63, 3.8) is 0 Å². The molecular formula is C28H24F3N3. The van der Waals surface area contributed by atoms with Gasteiger partial charge in [-0.3, -0.25) is 0 Å². The maximum absolute atomic E-state index is 15.1. The summed E-state index contributed by atoms with van der Waals surface area (Å²) in [4.78, 5) is 8.86. The maximum atomic E-state index is 15.1. The van der Waals surface area contributed by atoms with Crippen molar-refractivity contribution in [2.24, 2.45) is 0 Å². The number of hydrogen-bond donors (Lipinski definition) is 0. The van der Waals surface area contributed by atoms with Gasteiger partial charge in [-0.1, -0.05) is 43.7 Å². The van der Waals surface area contributed by atoms with E-state index in [1.54, 1.807) is 12.1 Å². The molecule has 34 heavy (non-hydrogen) atoms. The van der Waals surface area contributed by atoms with E-state index < -0.39 is 17.2 Å². The van der Waals surface area contributed by atoms with Crippen LogP contribution in [0.25, 0.3) is 10.8 Å². The Kier molecular flexibility index (Phi) is 7.22. The molecule has 0 aliphatic carbocycles. The smallest absolute Gasteiger partial charge is 0.144 e. The molecule has 1 aromatic heterocycles. The Morgan fingerprint density at radius 2 is 1.47 bits per heavy atom. The second kappa shape index (κ2) is 10.5. The lowest BCUT2D eigenvalue weighted by Crippen LogP contribution is -2.00. The van der Waals surface area contributed by atoms with Crippen molar-refractivity contribution in [3.8, 4) is 6.07 Å². The van der Waals surface area contributed by atoms with Crippen LogP contribution in [0.5, 0.6) is 0 Å². The van der Waals surface area contributed by atoms with Crippen molar-refractivity contribution >= 4 is 10.8 Å². The lowest BCUT2D eigenvalue weighted by atomic mass is 9.97. The molecule has 0 bridgehead atoms. The van der Waals surface area contributed by atoms with Crippen LogP contribution in [-0.4, -0.2) is 9.97 Å². The van der Waals surface area contributed by atoms with Gasteiger partial charge in [-0.25, -0.2) is 23.1 Å². The van der Waals surface area contributed by atoms with Crippen LogP contribution in [0.2, 0.25) is 0 Å². The Balaban J connectivity index is 1.45. The molecule has 6 heteroatoms. The normalized spacial score (nSPS) is 11.0. The summed E-state index contributed by atoms with van der Waals surface area (Å²) in [5.74, 6) is -1.33. The molecule has 0 aliphatic rings. The van der Waals surface area contributed by atoms with Crippen molar-refractivity contribution in [1.29, 1.82) is 5.26 Å². The van der Waals surface area contributed by atoms with Crippen LogP contribution < -0.4 is 0 Å². The number of nitrogens with zero attached hydrogens (tertiary/aromatic N) is 3. The third-order valence-electron chi connectivity index (χ3n) is 5.93. The van der Waals surface area contributed by atoms with Gasteiger partial charge in [0, 0.05) is 24.2 Å². The standard InChI is InChI=1S/C28H24F3N3/c1-2-3-20-16-33-27(34-17-20)11-6-18-5-10-23-22(12-18)9-8-21(28(23)31)7-4-19-13-25(29)24(15-32)26(30)14-19/h5,8-10,12-14,16-17H,2-4,6-7,11H2,1H3. The molecule has 3 aromatic carbocycles. The van der Waals surface area contributed by atoms with Gasteiger partial charge in [0.05, 0.1) is 0 Å². The Labute approximate surface area is 196 Å². The minimum absolute atomic E-state index is 0.261. The summed E-state index contributed by atoms with van der Waals surface area (Å²) in [7, 11) is 0. The van der Waals surface area contributed by atoms with Crippen LogP contribution in [0.3, 0.4) is 0 Å². The number of nitriles is 1. The van der Waals surface area contributed by atoms with Crippen molar-refractivity contribution in [2.45, 2.75) is 45.4 Å². The maximum Gasteiger partial charge on any atom is 0.144 e. The summed E-state index contributed by atoms with van der Waals surface area (Å²) < 4.78 is 42.8. The van der Waals surface area contributed by atoms with E-state index in [0.29, 0.717) is 29.4 Å². The fourth-order valence-electron chi connectivity index (χ4n) is 4.08. The van der Waals surface area contributed by atoms with Gasteiger partial charge >= 0.3 is 0 Å². The van der Waals surface area contributed by atoms with Crippen LogP contribution >= 0.6 is 0 Å². The first kappa shape index (κ1) is 23.4. The van der Waals surface area contributed by atoms with Crippen LogP contribution in [0.15, 0.2) is 54.9 Å². The third-order valence-corrected chi connectivity index (χ3v) is 5.93. The van der Waals surface area contributed by atoms with Crippen LogP contribution in [0, 0.1) is 28.8 Å². The molecule has 3 nitrogen and oxygen atoms in total. The minimum atomic E-state index is -0.897. The molecule has 0 atom stereocenters. The molecule has 172 valence electrons. The quantitative estimate of drug-likeness (QED) is 0.305. The summed E-state index contributed by atoms with van der Waals surface area (Å²) in [6.07, 6.45) is 7.80. The number of aryl methyl sites for hydroxylation is 5. The summed E-state index contributed by atoms with van der Waals surface area (Å²) in [6.45, 7) is 2.12. The minimum Gasteiger partial charge on any atom is -0.241 e. The zero-order valence-corrected chi connectivity index (χ0v) is 18.9. The molecule has 0 fully saturated rings. The molecule has 0 aliphatic heterocycles. The molecule has 4 rings (SSSR count). The first-order valence-corrected chi connectivity index (χ1v) is 11.4. The van der Waals surface area contributed by atoms with Gasteiger partial charge in [-0.2, -0.15) is 5.26 Å².